The maximum Gasteiger partial charge on any atom is 0.298 e. The zero-order chi connectivity index (χ0) is 8.85. The van der Waals surface area contributed by atoms with Crippen molar-refractivity contribution in [2.24, 2.45) is 0 Å². The van der Waals surface area contributed by atoms with E-state index < -0.39 is 0 Å². The number of carbonyl (C=O) groups is 1. The van der Waals surface area contributed by atoms with Gasteiger partial charge in [0.05, 0.1) is 0 Å². The van der Waals surface area contributed by atoms with Crippen LogP contribution in [0.15, 0.2) is 36.1 Å². The smallest absolute Gasteiger partial charge is 0.298 e. The second kappa shape index (κ2) is 4.50. The lowest BCUT2D eigenvalue weighted by atomic mass is 10.2. The number of hydrogen-bond donors (Lipinski definition) is 0. The summed E-state index contributed by atoms with van der Waals surface area (Å²) in [6, 6.07) is 0. The molecule has 0 aliphatic heterocycles. The standard InChI is InChI=1S/C9H12O2/c1-7(2)5-9(8(3)4)11-6-10/h5-6H,1,3H2,2,4H3/b9-5+. The van der Waals surface area contributed by atoms with Crippen LogP contribution in [-0.2, 0) is 9.53 Å². The molecule has 0 rings (SSSR count). The van der Waals surface area contributed by atoms with Crippen LogP contribution in [0.1, 0.15) is 13.8 Å². The third kappa shape index (κ3) is 4.14. The molecule has 0 atom stereocenters. The lowest BCUT2D eigenvalue weighted by Crippen LogP contribution is -1.90. The molecular weight excluding hydrogens is 140 g/mol. The minimum Gasteiger partial charge on any atom is -0.428 e. The van der Waals surface area contributed by atoms with Crippen molar-refractivity contribution in [1.29, 1.82) is 0 Å². The summed E-state index contributed by atoms with van der Waals surface area (Å²) in [6.07, 6.45) is 1.66. The molecule has 0 saturated carbocycles. The molecule has 60 valence electrons. The normalized spacial score (nSPS) is 10.5. The average Bonchev–Trinajstić information content (AvgIpc) is 1.86. The number of carbonyl (C=O) groups excluding carboxylic acids is 1. The summed E-state index contributed by atoms with van der Waals surface area (Å²) in [4.78, 5) is 9.97. The lowest BCUT2D eigenvalue weighted by molar-refractivity contribution is -0.124. The van der Waals surface area contributed by atoms with Gasteiger partial charge in [0.2, 0.25) is 0 Å². The van der Waals surface area contributed by atoms with Gasteiger partial charge in [0.15, 0.2) is 0 Å². The molecule has 0 amide bonds. The highest BCUT2D eigenvalue weighted by atomic mass is 16.5. The molecule has 0 N–H and O–H groups in total. The van der Waals surface area contributed by atoms with Crippen LogP contribution in [-0.4, -0.2) is 6.47 Å². The summed E-state index contributed by atoms with van der Waals surface area (Å²) in [5.41, 5.74) is 1.53. The van der Waals surface area contributed by atoms with Gasteiger partial charge in [0.25, 0.3) is 6.47 Å². The molecule has 0 bridgehead atoms. The van der Waals surface area contributed by atoms with Crippen molar-refractivity contribution >= 4 is 6.47 Å². The third-order valence-corrected chi connectivity index (χ3v) is 0.973. The van der Waals surface area contributed by atoms with Gasteiger partial charge in [-0.1, -0.05) is 18.7 Å². The van der Waals surface area contributed by atoms with Crippen LogP contribution >= 0.6 is 0 Å². The van der Waals surface area contributed by atoms with E-state index >= 15 is 0 Å². The molecule has 2 heteroatoms. The number of hydrogen-bond acceptors (Lipinski definition) is 2. The summed E-state index contributed by atoms with van der Waals surface area (Å²) in [5, 5.41) is 0. The summed E-state index contributed by atoms with van der Waals surface area (Å²) >= 11 is 0. The second-order valence-electron chi connectivity index (χ2n) is 2.35. The van der Waals surface area contributed by atoms with E-state index in [9.17, 15) is 4.79 Å². The van der Waals surface area contributed by atoms with Gasteiger partial charge in [-0.15, -0.1) is 0 Å². The van der Waals surface area contributed by atoms with Crippen LogP contribution in [0.4, 0.5) is 0 Å². The van der Waals surface area contributed by atoms with Crippen LogP contribution in [0.2, 0.25) is 0 Å². The Kier molecular flexibility index (Phi) is 3.96. The molecule has 0 aromatic heterocycles. The van der Waals surface area contributed by atoms with E-state index in [2.05, 4.69) is 17.9 Å². The zero-order valence-corrected chi connectivity index (χ0v) is 6.89. The molecular formula is C9H12O2. The molecule has 0 fully saturated rings. The van der Waals surface area contributed by atoms with Crippen LogP contribution in [0.5, 0.6) is 0 Å². The van der Waals surface area contributed by atoms with E-state index in [1.54, 1.807) is 13.0 Å². The van der Waals surface area contributed by atoms with Gasteiger partial charge in [-0.05, 0) is 25.5 Å². The quantitative estimate of drug-likeness (QED) is 0.350. The van der Waals surface area contributed by atoms with Crippen LogP contribution in [0.3, 0.4) is 0 Å². The Morgan fingerprint density at radius 3 is 2.18 bits per heavy atom. The molecule has 2 nitrogen and oxygen atoms in total. The Hall–Kier alpha value is -1.31. The fraction of sp³-hybridized carbons (Fsp3) is 0.222. The second-order valence-corrected chi connectivity index (χ2v) is 2.35. The van der Waals surface area contributed by atoms with Crippen molar-refractivity contribution in [2.45, 2.75) is 13.8 Å². The predicted octanol–water partition coefficient (Wildman–Crippen LogP) is 2.20. The van der Waals surface area contributed by atoms with Crippen LogP contribution < -0.4 is 0 Å². The molecule has 0 aromatic rings. The van der Waals surface area contributed by atoms with E-state index in [0.717, 1.165) is 5.57 Å². The van der Waals surface area contributed by atoms with Crippen LogP contribution in [0, 0.1) is 0 Å². The molecule has 0 spiro atoms. The first-order valence-corrected chi connectivity index (χ1v) is 3.21. The van der Waals surface area contributed by atoms with Gasteiger partial charge < -0.3 is 4.74 Å². The molecule has 0 aliphatic carbocycles. The molecule has 0 saturated heterocycles. The first kappa shape index (κ1) is 9.69. The van der Waals surface area contributed by atoms with Gasteiger partial charge in [0.1, 0.15) is 5.76 Å². The lowest BCUT2D eigenvalue weighted by Gasteiger charge is -2.02. The van der Waals surface area contributed by atoms with E-state index in [1.165, 1.54) is 0 Å². The van der Waals surface area contributed by atoms with Gasteiger partial charge in [-0.2, -0.15) is 0 Å². The molecule has 11 heavy (non-hydrogen) atoms. The Balaban J connectivity index is 4.44. The van der Waals surface area contributed by atoms with Crippen LogP contribution in [0.25, 0.3) is 0 Å². The monoisotopic (exact) mass is 152 g/mol. The highest BCUT2D eigenvalue weighted by molar-refractivity contribution is 5.44. The molecule has 0 unspecified atom stereocenters. The van der Waals surface area contributed by atoms with Gasteiger partial charge in [-0.3, -0.25) is 4.79 Å². The largest absolute Gasteiger partial charge is 0.428 e. The Morgan fingerprint density at radius 2 is 1.91 bits per heavy atom. The Labute approximate surface area is 66.9 Å². The summed E-state index contributed by atoms with van der Waals surface area (Å²) in [7, 11) is 0. The first-order valence-electron chi connectivity index (χ1n) is 3.21. The minimum absolute atomic E-state index is 0.378. The van der Waals surface area contributed by atoms with Crippen molar-refractivity contribution in [3.05, 3.63) is 36.1 Å². The minimum atomic E-state index is 0.378. The molecule has 0 radical (unpaired) electrons. The van der Waals surface area contributed by atoms with Crippen molar-refractivity contribution in [3.63, 3.8) is 0 Å². The highest BCUT2D eigenvalue weighted by Crippen LogP contribution is 2.09. The Bertz CT molecular complexity index is 212. The molecule has 0 heterocycles. The van der Waals surface area contributed by atoms with Crippen molar-refractivity contribution in [1.82, 2.24) is 0 Å². The van der Waals surface area contributed by atoms with Crippen molar-refractivity contribution in [3.8, 4) is 0 Å². The number of rotatable bonds is 4. The fourth-order valence-electron chi connectivity index (χ4n) is 0.533. The van der Waals surface area contributed by atoms with Crippen molar-refractivity contribution in [2.75, 3.05) is 0 Å². The predicted molar refractivity (Wildman–Crippen MR) is 44.9 cm³/mol. The number of ether oxygens (including phenoxy) is 1. The summed E-state index contributed by atoms with van der Waals surface area (Å²) in [6.45, 7) is 11.2. The SMILES string of the molecule is C=C(C)/C=C(/OC=O)C(=C)C. The summed E-state index contributed by atoms with van der Waals surface area (Å²) in [5.74, 6) is 0.465. The maximum atomic E-state index is 9.97. The van der Waals surface area contributed by atoms with Gasteiger partial charge in [0, 0.05) is 0 Å². The van der Waals surface area contributed by atoms with Crippen molar-refractivity contribution < 1.29 is 9.53 Å². The van der Waals surface area contributed by atoms with E-state index in [4.69, 9.17) is 0 Å². The molecule has 0 aliphatic rings. The fourth-order valence-corrected chi connectivity index (χ4v) is 0.533. The maximum absolute atomic E-state index is 9.97. The summed E-state index contributed by atoms with van der Waals surface area (Å²) < 4.78 is 4.63. The Morgan fingerprint density at radius 1 is 1.36 bits per heavy atom. The van der Waals surface area contributed by atoms with Gasteiger partial charge in [-0.25, -0.2) is 0 Å². The highest BCUT2D eigenvalue weighted by Gasteiger charge is 1.96. The van der Waals surface area contributed by atoms with Gasteiger partial charge >= 0.3 is 0 Å². The average molecular weight is 152 g/mol. The third-order valence-electron chi connectivity index (χ3n) is 0.973. The topological polar surface area (TPSA) is 26.3 Å². The van der Waals surface area contributed by atoms with E-state index in [-0.39, 0.29) is 0 Å². The number of allylic oxidation sites excluding steroid dienone is 3. The van der Waals surface area contributed by atoms with E-state index in [1.807, 2.05) is 6.92 Å². The zero-order valence-electron chi connectivity index (χ0n) is 6.89. The first-order chi connectivity index (χ1) is 5.07. The van der Waals surface area contributed by atoms with E-state index in [0.29, 0.717) is 17.8 Å². The molecule has 0 aromatic carbocycles.